The average molecular weight is 408 g/mol. The van der Waals surface area contributed by atoms with Gasteiger partial charge in [0.05, 0.1) is 11.4 Å². The van der Waals surface area contributed by atoms with E-state index < -0.39 is 9.84 Å². The third-order valence-electron chi connectivity index (χ3n) is 3.97. The smallest absolute Gasteiger partial charge is 0.191 e. The van der Waals surface area contributed by atoms with Crippen LogP contribution in [0.1, 0.15) is 12.5 Å². The summed E-state index contributed by atoms with van der Waals surface area (Å²) in [6.07, 6.45) is 1.74. The molecule has 0 spiro atoms. The van der Waals surface area contributed by atoms with Crippen LogP contribution in [0.4, 0.5) is 4.39 Å². The lowest BCUT2D eigenvalue weighted by atomic mass is 10.1. The van der Waals surface area contributed by atoms with E-state index in [-0.39, 0.29) is 11.9 Å². The fourth-order valence-electron chi connectivity index (χ4n) is 2.50. The highest BCUT2D eigenvalue weighted by molar-refractivity contribution is 7.90. The van der Waals surface area contributed by atoms with E-state index in [0.29, 0.717) is 29.7 Å². The first kappa shape index (κ1) is 21.7. The lowest BCUT2D eigenvalue weighted by Crippen LogP contribution is -2.42. The quantitative estimate of drug-likeness (QED) is 0.519. The number of nitrogens with one attached hydrogen (secondary N) is 2. The first-order chi connectivity index (χ1) is 13.3. The second-order valence-electron chi connectivity index (χ2n) is 6.43. The van der Waals surface area contributed by atoms with Gasteiger partial charge in [-0.1, -0.05) is 18.2 Å². The minimum absolute atomic E-state index is 0.177. The SMILES string of the molecule is CN=C(NCCc1ccc(S(C)(=O)=O)cc1)NCC(C)Oc1cccc(F)c1. The molecule has 0 aliphatic carbocycles. The van der Waals surface area contributed by atoms with Crippen molar-refractivity contribution in [3.8, 4) is 5.75 Å². The second-order valence-corrected chi connectivity index (χ2v) is 8.45. The first-order valence-electron chi connectivity index (χ1n) is 8.93. The van der Waals surface area contributed by atoms with Crippen molar-refractivity contribution in [3.05, 3.63) is 59.9 Å². The molecule has 0 aliphatic heterocycles. The van der Waals surface area contributed by atoms with Crippen molar-refractivity contribution in [2.45, 2.75) is 24.3 Å². The Kier molecular flexibility index (Phi) is 7.80. The van der Waals surface area contributed by atoms with Crippen molar-refractivity contribution in [2.75, 3.05) is 26.4 Å². The molecule has 0 radical (unpaired) electrons. The Labute approximate surface area is 165 Å². The summed E-state index contributed by atoms with van der Waals surface area (Å²) in [5.41, 5.74) is 1.03. The number of nitrogens with zero attached hydrogens (tertiary/aromatic N) is 1. The monoisotopic (exact) mass is 407 g/mol. The van der Waals surface area contributed by atoms with Crippen molar-refractivity contribution in [1.82, 2.24) is 10.6 Å². The van der Waals surface area contributed by atoms with Gasteiger partial charge in [-0.3, -0.25) is 4.99 Å². The van der Waals surface area contributed by atoms with Gasteiger partial charge < -0.3 is 15.4 Å². The molecule has 2 N–H and O–H groups in total. The highest BCUT2D eigenvalue weighted by atomic mass is 32.2. The standard InChI is InChI=1S/C20H26FN3O3S/c1-15(27-18-6-4-5-17(21)13-18)14-24-20(22-2)23-12-11-16-7-9-19(10-8-16)28(3,25)26/h4-10,13,15H,11-12,14H2,1-3H3,(H2,22,23,24). The molecule has 152 valence electrons. The van der Waals surface area contributed by atoms with Crippen LogP contribution < -0.4 is 15.4 Å². The number of ether oxygens (including phenoxy) is 1. The normalized spacial score (nSPS) is 13.1. The molecule has 2 aromatic carbocycles. The summed E-state index contributed by atoms with van der Waals surface area (Å²) in [7, 11) is -1.50. The van der Waals surface area contributed by atoms with E-state index in [4.69, 9.17) is 4.74 Å². The van der Waals surface area contributed by atoms with Crippen LogP contribution in [0.3, 0.4) is 0 Å². The van der Waals surface area contributed by atoms with E-state index in [0.717, 1.165) is 12.0 Å². The fourth-order valence-corrected chi connectivity index (χ4v) is 3.13. The van der Waals surface area contributed by atoms with Crippen molar-refractivity contribution in [1.29, 1.82) is 0 Å². The Morgan fingerprint density at radius 3 is 2.50 bits per heavy atom. The maximum Gasteiger partial charge on any atom is 0.191 e. The van der Waals surface area contributed by atoms with Gasteiger partial charge in [-0.15, -0.1) is 0 Å². The predicted molar refractivity (Wildman–Crippen MR) is 109 cm³/mol. The van der Waals surface area contributed by atoms with Crippen molar-refractivity contribution < 1.29 is 17.5 Å². The van der Waals surface area contributed by atoms with Gasteiger partial charge in [0.1, 0.15) is 17.7 Å². The average Bonchev–Trinajstić information content (AvgIpc) is 2.64. The molecule has 2 rings (SSSR count). The first-order valence-corrected chi connectivity index (χ1v) is 10.8. The molecule has 0 aromatic heterocycles. The van der Waals surface area contributed by atoms with Crippen molar-refractivity contribution in [3.63, 3.8) is 0 Å². The molecule has 0 bridgehead atoms. The summed E-state index contributed by atoms with van der Waals surface area (Å²) < 4.78 is 41.8. The van der Waals surface area contributed by atoms with Gasteiger partial charge in [-0.2, -0.15) is 0 Å². The van der Waals surface area contributed by atoms with E-state index in [9.17, 15) is 12.8 Å². The molecule has 0 saturated carbocycles. The molecule has 8 heteroatoms. The molecule has 0 fully saturated rings. The molecular formula is C20H26FN3O3S. The van der Waals surface area contributed by atoms with Gasteiger partial charge in [0.15, 0.2) is 15.8 Å². The van der Waals surface area contributed by atoms with Crippen LogP contribution in [0.2, 0.25) is 0 Å². The lowest BCUT2D eigenvalue weighted by Gasteiger charge is -2.18. The number of hydrogen-bond acceptors (Lipinski definition) is 4. The molecule has 0 heterocycles. The number of aliphatic imine (C=N–C) groups is 1. The molecule has 2 aromatic rings. The van der Waals surface area contributed by atoms with Gasteiger partial charge in [-0.05, 0) is 43.2 Å². The van der Waals surface area contributed by atoms with E-state index in [2.05, 4.69) is 15.6 Å². The number of halogens is 1. The van der Waals surface area contributed by atoms with Gasteiger partial charge in [0.25, 0.3) is 0 Å². The number of guanidine groups is 1. The Morgan fingerprint density at radius 1 is 1.18 bits per heavy atom. The summed E-state index contributed by atoms with van der Waals surface area (Å²) in [6.45, 7) is 3.02. The highest BCUT2D eigenvalue weighted by Crippen LogP contribution is 2.13. The van der Waals surface area contributed by atoms with Gasteiger partial charge in [0, 0.05) is 25.9 Å². The zero-order valence-corrected chi connectivity index (χ0v) is 17.1. The second kappa shape index (κ2) is 10.1. The molecule has 6 nitrogen and oxygen atoms in total. The number of sulfone groups is 1. The van der Waals surface area contributed by atoms with Crippen molar-refractivity contribution >= 4 is 15.8 Å². The van der Waals surface area contributed by atoms with Crippen LogP contribution in [0.25, 0.3) is 0 Å². The zero-order valence-electron chi connectivity index (χ0n) is 16.3. The molecule has 1 unspecified atom stereocenters. The number of hydrogen-bond donors (Lipinski definition) is 2. The van der Waals surface area contributed by atoms with Gasteiger partial charge in [-0.25, -0.2) is 12.8 Å². The Hall–Kier alpha value is -2.61. The maximum absolute atomic E-state index is 13.2. The Bertz CT molecular complexity index is 899. The number of rotatable bonds is 8. The third kappa shape index (κ3) is 7.19. The minimum atomic E-state index is -3.18. The van der Waals surface area contributed by atoms with Crippen molar-refractivity contribution in [2.24, 2.45) is 4.99 Å². The molecule has 1 atom stereocenters. The minimum Gasteiger partial charge on any atom is -0.489 e. The van der Waals surface area contributed by atoms with Crippen LogP contribution in [-0.4, -0.2) is 46.9 Å². The van der Waals surface area contributed by atoms with Crippen LogP contribution in [0.5, 0.6) is 5.75 Å². The van der Waals surface area contributed by atoms with Crippen LogP contribution in [0.15, 0.2) is 58.4 Å². The summed E-state index contributed by atoms with van der Waals surface area (Å²) in [6, 6.07) is 12.9. The van der Waals surface area contributed by atoms with E-state index in [1.54, 1.807) is 31.3 Å². The van der Waals surface area contributed by atoms with Crippen LogP contribution in [0, 0.1) is 5.82 Å². The largest absolute Gasteiger partial charge is 0.489 e. The maximum atomic E-state index is 13.2. The third-order valence-corrected chi connectivity index (χ3v) is 5.10. The van der Waals surface area contributed by atoms with E-state index in [1.165, 1.54) is 18.4 Å². The molecular weight excluding hydrogens is 381 g/mol. The molecule has 0 saturated heterocycles. The van der Waals surface area contributed by atoms with Crippen LogP contribution >= 0.6 is 0 Å². The van der Waals surface area contributed by atoms with Gasteiger partial charge >= 0.3 is 0 Å². The lowest BCUT2D eigenvalue weighted by molar-refractivity contribution is 0.223. The summed E-state index contributed by atoms with van der Waals surface area (Å²) in [5.74, 6) is 0.775. The van der Waals surface area contributed by atoms with E-state index >= 15 is 0 Å². The summed E-state index contributed by atoms with van der Waals surface area (Å²) in [4.78, 5) is 4.47. The molecule has 28 heavy (non-hydrogen) atoms. The summed E-state index contributed by atoms with van der Waals surface area (Å²) >= 11 is 0. The highest BCUT2D eigenvalue weighted by Gasteiger charge is 2.08. The fraction of sp³-hybridized carbons (Fsp3) is 0.350. The molecule has 0 aliphatic rings. The predicted octanol–water partition coefficient (Wildman–Crippen LogP) is 2.40. The summed E-state index contributed by atoms with van der Waals surface area (Å²) in [5, 5.41) is 6.36. The Balaban J connectivity index is 1.75. The Morgan fingerprint density at radius 2 is 1.89 bits per heavy atom. The topological polar surface area (TPSA) is 79.8 Å². The molecule has 0 amide bonds. The number of benzene rings is 2. The van der Waals surface area contributed by atoms with Gasteiger partial charge in [0.2, 0.25) is 0 Å². The van der Waals surface area contributed by atoms with E-state index in [1.807, 2.05) is 19.1 Å². The zero-order chi connectivity index (χ0) is 20.6. The van der Waals surface area contributed by atoms with Crippen LogP contribution in [-0.2, 0) is 16.3 Å².